The van der Waals surface area contributed by atoms with Crippen LogP contribution in [0.4, 0.5) is 0 Å². The fourth-order valence-electron chi connectivity index (χ4n) is 1.89. The molecule has 0 radical (unpaired) electrons. The SMILES string of the molecule is CCCCC(C)(c1ccccc1O)P(=O)(O)O. The maximum atomic E-state index is 11.7. The van der Waals surface area contributed by atoms with Gasteiger partial charge in [-0.3, -0.25) is 4.57 Å². The molecule has 4 nitrogen and oxygen atoms in total. The van der Waals surface area contributed by atoms with Crippen LogP contribution in [0.2, 0.25) is 0 Å². The summed E-state index contributed by atoms with van der Waals surface area (Å²) in [5.41, 5.74) is 0.321. The summed E-state index contributed by atoms with van der Waals surface area (Å²) in [4.78, 5) is 19.1. The predicted octanol–water partition coefficient (Wildman–Crippen LogP) is 2.98. The Balaban J connectivity index is 3.25. The van der Waals surface area contributed by atoms with E-state index in [0.717, 1.165) is 6.42 Å². The van der Waals surface area contributed by atoms with Crippen molar-refractivity contribution in [2.45, 2.75) is 38.3 Å². The van der Waals surface area contributed by atoms with E-state index in [1.807, 2.05) is 6.92 Å². The van der Waals surface area contributed by atoms with E-state index in [2.05, 4.69) is 0 Å². The van der Waals surface area contributed by atoms with Gasteiger partial charge >= 0.3 is 7.60 Å². The largest absolute Gasteiger partial charge is 0.508 e. The Morgan fingerprint density at radius 1 is 1.29 bits per heavy atom. The van der Waals surface area contributed by atoms with Crippen molar-refractivity contribution in [2.24, 2.45) is 0 Å². The summed E-state index contributed by atoms with van der Waals surface area (Å²) in [6, 6.07) is 6.34. The number of aromatic hydroxyl groups is 1. The lowest BCUT2D eigenvalue weighted by Gasteiger charge is -2.31. The smallest absolute Gasteiger partial charge is 0.335 e. The van der Waals surface area contributed by atoms with Crippen molar-refractivity contribution in [3.8, 4) is 5.75 Å². The van der Waals surface area contributed by atoms with Gasteiger partial charge in [-0.1, -0.05) is 38.0 Å². The van der Waals surface area contributed by atoms with Crippen LogP contribution in [0.3, 0.4) is 0 Å². The predicted molar refractivity (Wildman–Crippen MR) is 67.0 cm³/mol. The minimum Gasteiger partial charge on any atom is -0.508 e. The molecule has 5 heteroatoms. The molecular formula is C12H19O4P. The summed E-state index contributed by atoms with van der Waals surface area (Å²) in [6.07, 6.45) is 1.91. The lowest BCUT2D eigenvalue weighted by atomic mass is 9.93. The summed E-state index contributed by atoms with van der Waals surface area (Å²) >= 11 is 0. The fourth-order valence-corrected chi connectivity index (χ4v) is 2.84. The standard InChI is InChI=1S/C12H19O4P/c1-3-4-9-12(2,17(14,15)16)10-7-5-6-8-11(10)13/h5-8,13H,3-4,9H2,1-2H3,(H2,14,15,16). The van der Waals surface area contributed by atoms with E-state index in [1.165, 1.54) is 13.0 Å². The molecule has 0 saturated carbocycles. The zero-order valence-corrected chi connectivity index (χ0v) is 11.0. The van der Waals surface area contributed by atoms with E-state index in [-0.39, 0.29) is 5.75 Å². The van der Waals surface area contributed by atoms with Crippen LogP contribution in [-0.4, -0.2) is 14.9 Å². The average molecular weight is 258 g/mol. The summed E-state index contributed by atoms with van der Waals surface area (Å²) in [5, 5.41) is 8.45. The van der Waals surface area contributed by atoms with Gasteiger partial charge in [0, 0.05) is 5.56 Å². The first kappa shape index (κ1) is 14.2. The normalized spacial score (nSPS) is 15.5. The monoisotopic (exact) mass is 258 g/mol. The second-order valence-corrected chi connectivity index (χ2v) is 6.51. The molecule has 3 N–H and O–H groups in total. The molecular weight excluding hydrogens is 239 g/mol. The second kappa shape index (κ2) is 5.21. The lowest BCUT2D eigenvalue weighted by molar-refractivity contribution is 0.317. The van der Waals surface area contributed by atoms with E-state index in [4.69, 9.17) is 0 Å². The topological polar surface area (TPSA) is 77.8 Å². The van der Waals surface area contributed by atoms with Gasteiger partial charge in [-0.05, 0) is 19.4 Å². The molecule has 96 valence electrons. The molecule has 0 spiro atoms. The number of hydrogen-bond acceptors (Lipinski definition) is 2. The van der Waals surface area contributed by atoms with Gasteiger partial charge in [0.2, 0.25) is 0 Å². The number of para-hydroxylation sites is 1. The van der Waals surface area contributed by atoms with Crippen molar-refractivity contribution in [2.75, 3.05) is 0 Å². The molecule has 0 amide bonds. The molecule has 0 aliphatic carbocycles. The number of hydrogen-bond donors (Lipinski definition) is 3. The van der Waals surface area contributed by atoms with E-state index in [1.54, 1.807) is 18.2 Å². The molecule has 0 heterocycles. The highest BCUT2D eigenvalue weighted by molar-refractivity contribution is 7.53. The maximum absolute atomic E-state index is 11.7. The van der Waals surface area contributed by atoms with Crippen LogP contribution in [0, 0.1) is 0 Å². The molecule has 1 rings (SSSR count). The Kier molecular flexibility index (Phi) is 4.36. The third-order valence-electron chi connectivity index (χ3n) is 3.14. The second-order valence-electron chi connectivity index (χ2n) is 4.44. The molecule has 1 aromatic rings. The Hall–Kier alpha value is -0.830. The van der Waals surface area contributed by atoms with Gasteiger partial charge in [-0.2, -0.15) is 0 Å². The molecule has 0 saturated heterocycles. The molecule has 1 aromatic carbocycles. The highest BCUT2D eigenvalue weighted by atomic mass is 31.2. The van der Waals surface area contributed by atoms with Gasteiger partial charge in [0.05, 0.1) is 5.16 Å². The number of phenols is 1. The van der Waals surface area contributed by atoms with E-state index < -0.39 is 12.8 Å². The Labute approximate surface area is 101 Å². The molecule has 0 bridgehead atoms. The van der Waals surface area contributed by atoms with Crippen molar-refractivity contribution >= 4 is 7.60 Å². The maximum Gasteiger partial charge on any atom is 0.335 e. The van der Waals surface area contributed by atoms with Crippen molar-refractivity contribution in [3.63, 3.8) is 0 Å². The first-order chi connectivity index (χ1) is 7.83. The van der Waals surface area contributed by atoms with E-state index in [0.29, 0.717) is 18.4 Å². The highest BCUT2D eigenvalue weighted by Gasteiger charge is 2.44. The van der Waals surface area contributed by atoms with Crippen LogP contribution in [0.15, 0.2) is 24.3 Å². The fraction of sp³-hybridized carbons (Fsp3) is 0.500. The van der Waals surface area contributed by atoms with Crippen molar-refractivity contribution in [1.82, 2.24) is 0 Å². The quantitative estimate of drug-likeness (QED) is 0.709. The molecule has 1 unspecified atom stereocenters. The zero-order chi connectivity index (χ0) is 13.1. The van der Waals surface area contributed by atoms with E-state index in [9.17, 15) is 19.5 Å². The van der Waals surface area contributed by atoms with Gasteiger partial charge < -0.3 is 14.9 Å². The average Bonchev–Trinajstić information content (AvgIpc) is 2.25. The number of benzene rings is 1. The minimum atomic E-state index is -4.33. The van der Waals surface area contributed by atoms with Gasteiger partial charge in [-0.15, -0.1) is 0 Å². The van der Waals surface area contributed by atoms with Gasteiger partial charge in [0.25, 0.3) is 0 Å². The minimum absolute atomic E-state index is 0.0607. The molecule has 0 fully saturated rings. The number of phenolic OH excluding ortho intramolecular Hbond substituents is 1. The van der Waals surface area contributed by atoms with Crippen molar-refractivity contribution in [3.05, 3.63) is 29.8 Å². The summed E-state index contributed by atoms with van der Waals surface area (Å²) in [7, 11) is -4.33. The lowest BCUT2D eigenvalue weighted by Crippen LogP contribution is -2.22. The molecule has 0 aliphatic heterocycles. The molecule has 1 atom stereocenters. The molecule has 0 aromatic heterocycles. The van der Waals surface area contributed by atoms with Crippen LogP contribution in [0.5, 0.6) is 5.75 Å². The van der Waals surface area contributed by atoms with Crippen molar-refractivity contribution < 1.29 is 19.5 Å². The van der Waals surface area contributed by atoms with Crippen LogP contribution < -0.4 is 0 Å². The van der Waals surface area contributed by atoms with Crippen LogP contribution >= 0.6 is 7.60 Å². The van der Waals surface area contributed by atoms with Crippen LogP contribution in [0.25, 0.3) is 0 Å². The number of unbranched alkanes of at least 4 members (excludes halogenated alkanes) is 1. The number of rotatable bonds is 5. The molecule has 0 aliphatic rings. The summed E-state index contributed by atoms with van der Waals surface area (Å²) in [6.45, 7) is 3.48. The first-order valence-corrected chi connectivity index (χ1v) is 7.28. The third-order valence-corrected chi connectivity index (χ3v) is 4.89. The first-order valence-electron chi connectivity index (χ1n) is 5.67. The van der Waals surface area contributed by atoms with Gasteiger partial charge in [-0.25, -0.2) is 0 Å². The Morgan fingerprint density at radius 2 is 1.88 bits per heavy atom. The van der Waals surface area contributed by atoms with Crippen molar-refractivity contribution in [1.29, 1.82) is 0 Å². The van der Waals surface area contributed by atoms with Crippen LogP contribution in [0.1, 0.15) is 38.7 Å². The third kappa shape index (κ3) is 2.89. The summed E-state index contributed by atoms with van der Waals surface area (Å²) < 4.78 is 11.7. The zero-order valence-electron chi connectivity index (χ0n) is 10.1. The van der Waals surface area contributed by atoms with Gasteiger partial charge in [0.1, 0.15) is 5.75 Å². The summed E-state index contributed by atoms with van der Waals surface area (Å²) in [5.74, 6) is -0.0607. The highest BCUT2D eigenvalue weighted by Crippen LogP contribution is 2.60. The van der Waals surface area contributed by atoms with Crippen LogP contribution in [-0.2, 0) is 9.72 Å². The Bertz CT molecular complexity index is 426. The Morgan fingerprint density at radius 3 is 2.35 bits per heavy atom. The van der Waals surface area contributed by atoms with Gasteiger partial charge in [0.15, 0.2) is 0 Å². The molecule has 17 heavy (non-hydrogen) atoms. The van der Waals surface area contributed by atoms with E-state index >= 15 is 0 Å².